The van der Waals surface area contributed by atoms with Gasteiger partial charge in [0.1, 0.15) is 42.0 Å². The number of fused-ring (bicyclic) bond motifs is 5. The standard InChI is InChI=1S/C47H51NO16/c1-24-25(2)40(52)63-38-35(61-41(53)30-16-11-9-12-17-30)39(60-29(6)51)46(23-57-27(4)49)36(59-28(5)50)26(3)33-37(62-42(54)31-18-13-10-14-19-31)47(46,45(38,8)56)64-44(33,7)22-58-43(55)32-20-15-21-48-34(24)32/h9-21,24-26,33,35-39,56H,22-23H2,1-8H3/t24-,25-,26+,33+,35-,36+,37+,38-,39-,44-,45-,46+,47-/m0/s1. The van der Waals surface area contributed by atoms with E-state index in [-0.39, 0.29) is 22.4 Å². The Hall–Kier alpha value is -6.20. The fraction of sp³-hybridized carbons (Fsp3) is 0.489. The number of aliphatic hydroxyl groups is 1. The van der Waals surface area contributed by atoms with Gasteiger partial charge in [0.05, 0.1) is 28.3 Å². The van der Waals surface area contributed by atoms with E-state index in [0.29, 0.717) is 0 Å². The van der Waals surface area contributed by atoms with Crippen molar-refractivity contribution in [1.29, 1.82) is 0 Å². The maximum Gasteiger partial charge on any atom is 0.340 e. The van der Waals surface area contributed by atoms with Crippen LogP contribution in [0.1, 0.15) is 98.1 Å². The van der Waals surface area contributed by atoms with Gasteiger partial charge in [0.15, 0.2) is 23.9 Å². The van der Waals surface area contributed by atoms with Gasteiger partial charge in [-0.2, -0.15) is 0 Å². The SMILES string of the molecule is CC(=O)OC[C@]12[C@H](OC(C)=O)[C@H](C)[C@@H]3[C@@H](OC(=O)c4ccccc4)[C@@]14O[C@@]3(C)COC(=O)c1cccnc1[C@@H](C)[C@H](C)C(=O)O[C@@H]([C@H](OC(=O)c1ccccc1)[C@@H]2OC(C)=O)[C@]4(C)O. The van der Waals surface area contributed by atoms with E-state index in [4.69, 9.17) is 37.9 Å². The van der Waals surface area contributed by atoms with Gasteiger partial charge in [0.25, 0.3) is 0 Å². The zero-order valence-corrected chi connectivity index (χ0v) is 36.6. The van der Waals surface area contributed by atoms with Crippen LogP contribution in [-0.4, -0.2) is 112 Å². The van der Waals surface area contributed by atoms with Crippen molar-refractivity contribution in [3.05, 3.63) is 101 Å². The summed E-state index contributed by atoms with van der Waals surface area (Å²) in [6.07, 6.45) is -7.98. The van der Waals surface area contributed by atoms with Crippen LogP contribution in [0.2, 0.25) is 0 Å². The van der Waals surface area contributed by atoms with Gasteiger partial charge in [-0.1, -0.05) is 57.2 Å². The molecule has 2 aromatic carbocycles. The second-order valence-electron chi connectivity index (χ2n) is 17.4. The molecule has 3 fully saturated rings. The van der Waals surface area contributed by atoms with Crippen LogP contribution >= 0.6 is 0 Å². The third kappa shape index (κ3) is 7.37. The van der Waals surface area contributed by atoms with Crippen molar-refractivity contribution < 1.29 is 76.6 Å². The monoisotopic (exact) mass is 885 g/mol. The third-order valence-electron chi connectivity index (χ3n) is 13.4. The van der Waals surface area contributed by atoms with Crippen LogP contribution < -0.4 is 0 Å². The van der Waals surface area contributed by atoms with Gasteiger partial charge in [0.2, 0.25) is 0 Å². The topological polar surface area (TPSA) is 226 Å². The number of pyridine rings is 1. The van der Waals surface area contributed by atoms with Crippen LogP contribution in [-0.2, 0) is 57.1 Å². The molecule has 0 radical (unpaired) electrons. The Morgan fingerprint density at radius 2 is 1.31 bits per heavy atom. The van der Waals surface area contributed by atoms with Gasteiger partial charge < -0.3 is 43.0 Å². The normalized spacial score (nSPS) is 35.3. The number of aromatic nitrogens is 1. The zero-order valence-electron chi connectivity index (χ0n) is 36.6. The molecule has 2 aliphatic heterocycles. The summed E-state index contributed by atoms with van der Waals surface area (Å²) < 4.78 is 50.8. The van der Waals surface area contributed by atoms with Crippen molar-refractivity contribution in [3.8, 4) is 0 Å². The summed E-state index contributed by atoms with van der Waals surface area (Å²) in [5.74, 6) is -10.8. The predicted octanol–water partition coefficient (Wildman–Crippen LogP) is 4.33. The second-order valence-corrected chi connectivity index (χ2v) is 17.4. The first-order valence-corrected chi connectivity index (χ1v) is 21.0. The Labute approximate surface area is 369 Å². The number of ether oxygens (including phenoxy) is 8. The largest absolute Gasteiger partial charge is 0.465 e. The van der Waals surface area contributed by atoms with Gasteiger partial charge in [-0.05, 0) is 50.2 Å². The van der Waals surface area contributed by atoms with E-state index in [1.807, 2.05) is 0 Å². The summed E-state index contributed by atoms with van der Waals surface area (Å²) in [5, 5.41) is 13.9. The summed E-state index contributed by atoms with van der Waals surface area (Å²) in [4.78, 5) is 102. The van der Waals surface area contributed by atoms with Gasteiger partial charge in [-0.3, -0.25) is 24.2 Å². The van der Waals surface area contributed by atoms with Crippen LogP contribution in [0.15, 0.2) is 79.0 Å². The highest BCUT2D eigenvalue weighted by Crippen LogP contribution is 2.71. The summed E-state index contributed by atoms with van der Waals surface area (Å²) >= 11 is 0. The molecular formula is C47H51NO16. The van der Waals surface area contributed by atoms with E-state index in [1.165, 1.54) is 63.4 Å². The number of nitrogens with zero attached hydrogens (tertiary/aromatic N) is 1. The number of carbonyl (C=O) groups is 7. The number of carbonyl (C=O) groups excluding carboxylic acids is 7. The average Bonchev–Trinajstić information content (AvgIpc) is 3.49. The molecule has 13 atom stereocenters. The minimum absolute atomic E-state index is 0.00437. The molecule has 1 spiro atoms. The third-order valence-corrected chi connectivity index (χ3v) is 13.4. The molecule has 64 heavy (non-hydrogen) atoms. The first kappa shape index (κ1) is 45.8. The fourth-order valence-electron chi connectivity index (χ4n) is 10.6. The van der Waals surface area contributed by atoms with Gasteiger partial charge in [-0.25, -0.2) is 14.4 Å². The van der Waals surface area contributed by atoms with E-state index in [9.17, 15) is 38.7 Å². The summed E-state index contributed by atoms with van der Waals surface area (Å²) in [6, 6.07) is 18.5. The van der Waals surface area contributed by atoms with Crippen molar-refractivity contribution in [2.75, 3.05) is 13.2 Å². The lowest BCUT2D eigenvalue weighted by molar-refractivity contribution is -0.383. The Bertz CT molecular complexity index is 2340. The fourth-order valence-corrected chi connectivity index (χ4v) is 10.6. The molecule has 1 N–H and O–H groups in total. The Morgan fingerprint density at radius 3 is 1.89 bits per heavy atom. The molecule has 1 aromatic heterocycles. The van der Waals surface area contributed by atoms with Crippen molar-refractivity contribution in [2.24, 2.45) is 23.2 Å². The van der Waals surface area contributed by atoms with Crippen LogP contribution in [0.25, 0.3) is 0 Å². The molecule has 4 bridgehead atoms. The minimum Gasteiger partial charge on any atom is -0.465 e. The molecule has 0 amide bonds. The highest BCUT2D eigenvalue weighted by molar-refractivity contribution is 5.92. The van der Waals surface area contributed by atoms with E-state index >= 15 is 0 Å². The first-order valence-electron chi connectivity index (χ1n) is 21.0. The maximum atomic E-state index is 14.7. The summed E-state index contributed by atoms with van der Waals surface area (Å²) in [5.41, 5.74) is -9.39. The second kappa shape index (κ2) is 17.1. The van der Waals surface area contributed by atoms with E-state index < -0.39 is 131 Å². The molecule has 3 heterocycles. The lowest BCUT2D eigenvalue weighted by atomic mass is 9.43. The van der Waals surface area contributed by atoms with Crippen LogP contribution in [0.4, 0.5) is 0 Å². The number of hydrogen-bond donors (Lipinski definition) is 1. The number of hydrogen-bond acceptors (Lipinski definition) is 17. The van der Waals surface area contributed by atoms with Crippen molar-refractivity contribution >= 4 is 41.8 Å². The quantitative estimate of drug-likeness (QED) is 0.245. The first-order chi connectivity index (χ1) is 30.2. The highest BCUT2D eigenvalue weighted by Gasteiger charge is 2.90. The average molecular weight is 886 g/mol. The highest BCUT2D eigenvalue weighted by atomic mass is 16.7. The number of cyclic esters (lactones) is 1. The zero-order chi connectivity index (χ0) is 46.5. The molecule has 2 saturated carbocycles. The molecule has 1 saturated heterocycles. The molecule has 2 aliphatic carbocycles. The van der Waals surface area contributed by atoms with Crippen molar-refractivity contribution in [3.63, 3.8) is 0 Å². The van der Waals surface area contributed by atoms with Crippen LogP contribution in [0.3, 0.4) is 0 Å². The summed E-state index contributed by atoms with van der Waals surface area (Å²) in [7, 11) is 0. The van der Waals surface area contributed by atoms with E-state index in [2.05, 4.69) is 4.98 Å². The number of benzene rings is 2. The van der Waals surface area contributed by atoms with Gasteiger partial charge in [0, 0.05) is 44.7 Å². The Morgan fingerprint density at radius 1 is 0.734 bits per heavy atom. The molecule has 0 unspecified atom stereocenters. The lowest BCUT2D eigenvalue weighted by Crippen LogP contribution is -2.88. The molecule has 340 valence electrons. The van der Waals surface area contributed by atoms with Crippen molar-refractivity contribution in [1.82, 2.24) is 4.98 Å². The molecule has 3 aromatic rings. The molecule has 4 aliphatic rings. The smallest absolute Gasteiger partial charge is 0.340 e. The van der Waals surface area contributed by atoms with Crippen molar-refractivity contribution in [2.45, 2.75) is 109 Å². The molecule has 17 nitrogen and oxygen atoms in total. The molecule has 17 heteroatoms. The van der Waals surface area contributed by atoms with Crippen LogP contribution in [0, 0.1) is 23.2 Å². The number of esters is 7. The molecular weight excluding hydrogens is 835 g/mol. The summed E-state index contributed by atoms with van der Waals surface area (Å²) in [6.45, 7) is 9.20. The molecule has 7 rings (SSSR count). The maximum absolute atomic E-state index is 14.7. The predicted molar refractivity (Wildman–Crippen MR) is 219 cm³/mol. The van der Waals surface area contributed by atoms with E-state index in [1.54, 1.807) is 50.2 Å². The van der Waals surface area contributed by atoms with Crippen LogP contribution in [0.5, 0.6) is 0 Å². The van der Waals surface area contributed by atoms with Gasteiger partial charge in [-0.15, -0.1) is 0 Å². The van der Waals surface area contributed by atoms with E-state index in [0.717, 1.165) is 20.8 Å². The number of rotatable bonds is 8. The Kier molecular flexibility index (Phi) is 12.2. The lowest BCUT2D eigenvalue weighted by Gasteiger charge is -2.67. The Balaban J connectivity index is 1.60. The van der Waals surface area contributed by atoms with Gasteiger partial charge >= 0.3 is 41.8 Å². The minimum atomic E-state index is -2.77.